The summed E-state index contributed by atoms with van der Waals surface area (Å²) in [6, 6.07) is 9.60. The van der Waals surface area contributed by atoms with Crippen molar-refractivity contribution < 1.29 is 0 Å². The first-order chi connectivity index (χ1) is 10.1. The molecule has 1 saturated carbocycles. The van der Waals surface area contributed by atoms with Gasteiger partial charge in [0.2, 0.25) is 0 Å². The lowest BCUT2D eigenvalue weighted by Gasteiger charge is -2.38. The number of benzene rings is 1. The summed E-state index contributed by atoms with van der Waals surface area (Å²) in [5, 5.41) is 3.55. The van der Waals surface area contributed by atoms with Gasteiger partial charge in [0.25, 0.3) is 0 Å². The molecule has 0 aromatic heterocycles. The summed E-state index contributed by atoms with van der Waals surface area (Å²) < 4.78 is 0. The van der Waals surface area contributed by atoms with Crippen molar-refractivity contribution in [3.63, 3.8) is 0 Å². The third kappa shape index (κ3) is 4.82. The van der Waals surface area contributed by atoms with E-state index in [1.54, 1.807) is 0 Å². The Kier molecular flexibility index (Phi) is 6.25. The van der Waals surface area contributed by atoms with E-state index < -0.39 is 0 Å². The van der Waals surface area contributed by atoms with Crippen LogP contribution in [0.3, 0.4) is 0 Å². The van der Waals surface area contributed by atoms with Crippen LogP contribution in [-0.4, -0.2) is 31.6 Å². The first-order valence-corrected chi connectivity index (χ1v) is 8.53. The maximum atomic E-state index is 3.55. The molecule has 1 aliphatic carbocycles. The zero-order valence-corrected chi connectivity index (χ0v) is 14.2. The van der Waals surface area contributed by atoms with E-state index in [4.69, 9.17) is 0 Å². The first kappa shape index (κ1) is 16.5. The molecule has 0 bridgehead atoms. The molecule has 1 fully saturated rings. The molecule has 2 rings (SSSR count). The number of hydrogen-bond acceptors (Lipinski definition) is 2. The minimum atomic E-state index is 0.702. The maximum Gasteiger partial charge on any atom is 0.0230 e. The summed E-state index contributed by atoms with van der Waals surface area (Å²) in [5.74, 6) is 1.73. The first-order valence-electron chi connectivity index (χ1n) is 8.53. The van der Waals surface area contributed by atoms with Crippen LogP contribution in [0.1, 0.15) is 43.7 Å². The molecule has 0 saturated heterocycles. The molecular weight excluding hydrogens is 256 g/mol. The molecule has 1 aliphatic rings. The Morgan fingerprint density at radius 1 is 1.29 bits per heavy atom. The minimum Gasteiger partial charge on any atom is -0.317 e. The van der Waals surface area contributed by atoms with Crippen LogP contribution in [0.15, 0.2) is 24.3 Å². The molecule has 1 aromatic rings. The zero-order chi connectivity index (χ0) is 15.2. The SMILES string of the molecule is CCC1CCC(NC)C(CN(C)Cc2cccc(C)c2)C1. The second-order valence-electron chi connectivity index (χ2n) is 6.93. The van der Waals surface area contributed by atoms with Gasteiger partial charge in [0.05, 0.1) is 0 Å². The van der Waals surface area contributed by atoms with Crippen LogP contribution in [0.2, 0.25) is 0 Å². The fraction of sp³-hybridized carbons (Fsp3) is 0.684. The average molecular weight is 288 g/mol. The summed E-state index contributed by atoms with van der Waals surface area (Å²) >= 11 is 0. The van der Waals surface area contributed by atoms with Crippen molar-refractivity contribution in [2.24, 2.45) is 11.8 Å². The monoisotopic (exact) mass is 288 g/mol. The van der Waals surface area contributed by atoms with Gasteiger partial charge in [-0.05, 0) is 57.7 Å². The van der Waals surface area contributed by atoms with E-state index in [2.05, 4.69) is 62.4 Å². The highest BCUT2D eigenvalue weighted by molar-refractivity contribution is 5.22. The lowest BCUT2D eigenvalue weighted by molar-refractivity contribution is 0.153. The van der Waals surface area contributed by atoms with Gasteiger partial charge in [-0.15, -0.1) is 0 Å². The Labute approximate surface area is 130 Å². The molecule has 0 spiro atoms. The second kappa shape index (κ2) is 7.95. The lowest BCUT2D eigenvalue weighted by Crippen LogP contribution is -2.43. The third-order valence-electron chi connectivity index (χ3n) is 5.12. The molecule has 2 heteroatoms. The topological polar surface area (TPSA) is 15.3 Å². The number of hydrogen-bond donors (Lipinski definition) is 1. The van der Waals surface area contributed by atoms with Crippen molar-refractivity contribution in [1.82, 2.24) is 10.2 Å². The highest BCUT2D eigenvalue weighted by Gasteiger charge is 2.29. The molecule has 2 nitrogen and oxygen atoms in total. The van der Waals surface area contributed by atoms with Crippen molar-refractivity contribution in [1.29, 1.82) is 0 Å². The van der Waals surface area contributed by atoms with Gasteiger partial charge < -0.3 is 10.2 Å². The molecule has 0 heterocycles. The van der Waals surface area contributed by atoms with Gasteiger partial charge in [0.15, 0.2) is 0 Å². The van der Waals surface area contributed by atoms with E-state index >= 15 is 0 Å². The third-order valence-corrected chi connectivity index (χ3v) is 5.12. The normalized spacial score (nSPS) is 26.2. The van der Waals surface area contributed by atoms with Crippen LogP contribution in [0.5, 0.6) is 0 Å². The van der Waals surface area contributed by atoms with Crippen LogP contribution in [0, 0.1) is 18.8 Å². The standard InChI is InChI=1S/C19H32N2/c1-5-16-9-10-19(20-3)18(12-16)14-21(4)13-17-8-6-7-15(2)11-17/h6-8,11,16,18-20H,5,9-10,12-14H2,1-4H3. The van der Waals surface area contributed by atoms with Gasteiger partial charge in [0.1, 0.15) is 0 Å². The van der Waals surface area contributed by atoms with Gasteiger partial charge in [0, 0.05) is 19.1 Å². The van der Waals surface area contributed by atoms with E-state index in [-0.39, 0.29) is 0 Å². The number of aryl methyl sites for hydroxylation is 1. The maximum absolute atomic E-state index is 3.55. The summed E-state index contributed by atoms with van der Waals surface area (Å²) in [6.07, 6.45) is 5.48. The van der Waals surface area contributed by atoms with Crippen molar-refractivity contribution >= 4 is 0 Å². The van der Waals surface area contributed by atoms with E-state index in [0.717, 1.165) is 18.4 Å². The van der Waals surface area contributed by atoms with E-state index in [1.165, 1.54) is 43.4 Å². The van der Waals surface area contributed by atoms with Crippen LogP contribution in [0.4, 0.5) is 0 Å². The van der Waals surface area contributed by atoms with Crippen LogP contribution < -0.4 is 5.32 Å². The molecule has 1 N–H and O–H groups in total. The molecule has 0 aliphatic heterocycles. The number of rotatable bonds is 6. The molecule has 3 unspecified atom stereocenters. The van der Waals surface area contributed by atoms with Gasteiger partial charge in [-0.1, -0.05) is 43.2 Å². The highest BCUT2D eigenvalue weighted by Crippen LogP contribution is 2.31. The Morgan fingerprint density at radius 2 is 2.10 bits per heavy atom. The number of nitrogens with one attached hydrogen (secondary N) is 1. The predicted octanol–water partition coefficient (Wildman–Crippen LogP) is 3.84. The van der Waals surface area contributed by atoms with Gasteiger partial charge in [-0.2, -0.15) is 0 Å². The second-order valence-corrected chi connectivity index (χ2v) is 6.93. The molecule has 3 atom stereocenters. The average Bonchev–Trinajstić information content (AvgIpc) is 2.47. The molecule has 0 amide bonds. The largest absolute Gasteiger partial charge is 0.317 e. The molecule has 0 radical (unpaired) electrons. The molecule has 1 aromatic carbocycles. The van der Waals surface area contributed by atoms with Gasteiger partial charge in [-0.25, -0.2) is 0 Å². The fourth-order valence-corrected chi connectivity index (χ4v) is 3.90. The quantitative estimate of drug-likeness (QED) is 0.855. The van der Waals surface area contributed by atoms with Gasteiger partial charge in [-0.3, -0.25) is 0 Å². The minimum absolute atomic E-state index is 0.702. The predicted molar refractivity (Wildman–Crippen MR) is 91.5 cm³/mol. The summed E-state index contributed by atoms with van der Waals surface area (Å²) in [6.45, 7) is 6.78. The van der Waals surface area contributed by atoms with Crippen LogP contribution >= 0.6 is 0 Å². The number of nitrogens with zero attached hydrogens (tertiary/aromatic N) is 1. The summed E-state index contributed by atoms with van der Waals surface area (Å²) in [4.78, 5) is 2.50. The molecule has 21 heavy (non-hydrogen) atoms. The smallest absolute Gasteiger partial charge is 0.0230 e. The van der Waals surface area contributed by atoms with Crippen LogP contribution in [0.25, 0.3) is 0 Å². The van der Waals surface area contributed by atoms with Crippen molar-refractivity contribution in [2.45, 2.75) is 52.1 Å². The Hall–Kier alpha value is -0.860. The molecule has 118 valence electrons. The van der Waals surface area contributed by atoms with Crippen molar-refractivity contribution in [3.8, 4) is 0 Å². The Bertz CT molecular complexity index is 429. The van der Waals surface area contributed by atoms with Crippen molar-refractivity contribution in [3.05, 3.63) is 35.4 Å². The summed E-state index contributed by atoms with van der Waals surface area (Å²) in [7, 11) is 4.40. The zero-order valence-electron chi connectivity index (χ0n) is 14.2. The van der Waals surface area contributed by atoms with Crippen molar-refractivity contribution in [2.75, 3.05) is 20.6 Å². The molecular formula is C19H32N2. The van der Waals surface area contributed by atoms with E-state index in [9.17, 15) is 0 Å². The van der Waals surface area contributed by atoms with Crippen LogP contribution in [-0.2, 0) is 6.54 Å². The lowest BCUT2D eigenvalue weighted by atomic mass is 9.76. The fourth-order valence-electron chi connectivity index (χ4n) is 3.90. The highest BCUT2D eigenvalue weighted by atomic mass is 15.1. The Balaban J connectivity index is 1.91. The van der Waals surface area contributed by atoms with E-state index in [1.807, 2.05) is 0 Å². The Morgan fingerprint density at radius 3 is 2.76 bits per heavy atom. The summed E-state index contributed by atoms with van der Waals surface area (Å²) in [5.41, 5.74) is 2.79. The van der Waals surface area contributed by atoms with Gasteiger partial charge >= 0.3 is 0 Å². The van der Waals surface area contributed by atoms with E-state index in [0.29, 0.717) is 6.04 Å².